The van der Waals surface area contributed by atoms with E-state index in [0.717, 1.165) is 24.9 Å². The minimum Gasteiger partial charge on any atom is -0.459 e. The summed E-state index contributed by atoms with van der Waals surface area (Å²) in [5, 5.41) is 12.7. The number of hydrogen-bond acceptors (Lipinski definition) is 7. The Morgan fingerprint density at radius 2 is 2.35 bits per heavy atom. The lowest BCUT2D eigenvalue weighted by atomic mass is 10.2. The van der Waals surface area contributed by atoms with Crippen LogP contribution in [-0.2, 0) is 7.05 Å². The van der Waals surface area contributed by atoms with Crippen LogP contribution in [0, 0.1) is 0 Å². The maximum Gasteiger partial charge on any atom is 0.228 e. The molecule has 8 heteroatoms. The molecule has 120 valence electrons. The molecular formula is C15H18N6O2. The number of aryl methyl sites for hydroxylation is 1. The topological polar surface area (TPSA) is 92.2 Å². The molecule has 0 aromatic carbocycles. The van der Waals surface area contributed by atoms with Gasteiger partial charge < -0.3 is 24.3 Å². The smallest absolute Gasteiger partial charge is 0.228 e. The van der Waals surface area contributed by atoms with Gasteiger partial charge in [-0.1, -0.05) is 0 Å². The standard InChI is InChI=1S/C15H18N6O2/c1-20-7-12(16-9-20)18-14-13-11(4-6-23-13)17-15(19-14)21-5-2-3-10(21)8-22/h4,6-7,9-10,22H,2-3,5,8H2,1H3,(H,17,18,19). The van der Waals surface area contributed by atoms with Crippen molar-refractivity contribution in [2.75, 3.05) is 23.4 Å². The fourth-order valence-electron chi connectivity index (χ4n) is 2.95. The fraction of sp³-hybridized carbons (Fsp3) is 0.400. The van der Waals surface area contributed by atoms with Gasteiger partial charge >= 0.3 is 0 Å². The molecule has 0 spiro atoms. The van der Waals surface area contributed by atoms with E-state index in [9.17, 15) is 5.11 Å². The number of nitrogens with zero attached hydrogens (tertiary/aromatic N) is 5. The molecule has 4 heterocycles. The first-order chi connectivity index (χ1) is 11.2. The molecule has 0 amide bonds. The van der Waals surface area contributed by atoms with Gasteiger partial charge in [0.05, 0.1) is 25.2 Å². The van der Waals surface area contributed by atoms with E-state index in [-0.39, 0.29) is 12.6 Å². The number of aliphatic hydroxyl groups excluding tert-OH is 1. The lowest BCUT2D eigenvalue weighted by Gasteiger charge is -2.23. The molecule has 8 nitrogen and oxygen atoms in total. The Kier molecular flexibility index (Phi) is 3.38. The highest BCUT2D eigenvalue weighted by molar-refractivity contribution is 5.86. The van der Waals surface area contributed by atoms with Gasteiger partial charge in [-0.25, -0.2) is 9.97 Å². The van der Waals surface area contributed by atoms with Crippen LogP contribution in [0.2, 0.25) is 0 Å². The maximum absolute atomic E-state index is 9.53. The van der Waals surface area contributed by atoms with Crippen molar-refractivity contribution < 1.29 is 9.52 Å². The molecule has 23 heavy (non-hydrogen) atoms. The zero-order chi connectivity index (χ0) is 15.8. The van der Waals surface area contributed by atoms with Gasteiger partial charge in [-0.05, 0) is 12.8 Å². The number of imidazole rings is 1. The van der Waals surface area contributed by atoms with Crippen molar-refractivity contribution in [3.05, 3.63) is 24.9 Å². The van der Waals surface area contributed by atoms with E-state index >= 15 is 0 Å². The first-order valence-electron chi connectivity index (χ1n) is 7.62. The van der Waals surface area contributed by atoms with E-state index in [0.29, 0.717) is 23.2 Å². The Hall–Kier alpha value is -2.61. The third-order valence-electron chi connectivity index (χ3n) is 4.09. The van der Waals surface area contributed by atoms with Gasteiger partial charge in [-0.15, -0.1) is 0 Å². The van der Waals surface area contributed by atoms with Gasteiger partial charge in [-0.3, -0.25) is 0 Å². The number of furan rings is 1. The second-order valence-electron chi connectivity index (χ2n) is 5.73. The number of nitrogens with one attached hydrogen (secondary N) is 1. The normalized spacial score (nSPS) is 18.0. The van der Waals surface area contributed by atoms with Crippen molar-refractivity contribution in [3.63, 3.8) is 0 Å². The van der Waals surface area contributed by atoms with Crippen LogP contribution >= 0.6 is 0 Å². The highest BCUT2D eigenvalue weighted by Gasteiger charge is 2.27. The zero-order valence-corrected chi connectivity index (χ0v) is 12.8. The van der Waals surface area contributed by atoms with Crippen LogP contribution < -0.4 is 10.2 Å². The predicted molar refractivity (Wildman–Crippen MR) is 85.7 cm³/mol. The summed E-state index contributed by atoms with van der Waals surface area (Å²) in [4.78, 5) is 15.5. The van der Waals surface area contributed by atoms with Crippen LogP contribution in [0.5, 0.6) is 0 Å². The third kappa shape index (κ3) is 2.50. The summed E-state index contributed by atoms with van der Waals surface area (Å²) in [6.07, 6.45) is 7.16. The molecule has 3 aromatic rings. The second kappa shape index (κ2) is 5.54. The number of rotatable bonds is 4. The summed E-state index contributed by atoms with van der Waals surface area (Å²) in [7, 11) is 1.90. The van der Waals surface area contributed by atoms with Crippen molar-refractivity contribution in [1.82, 2.24) is 19.5 Å². The van der Waals surface area contributed by atoms with E-state index in [1.807, 2.05) is 23.9 Å². The lowest BCUT2D eigenvalue weighted by molar-refractivity contribution is 0.265. The predicted octanol–water partition coefficient (Wildman–Crippen LogP) is 1.66. The third-order valence-corrected chi connectivity index (χ3v) is 4.09. The highest BCUT2D eigenvalue weighted by Crippen LogP contribution is 2.29. The molecule has 0 aliphatic carbocycles. The van der Waals surface area contributed by atoms with Gasteiger partial charge in [-0.2, -0.15) is 4.98 Å². The van der Waals surface area contributed by atoms with Crippen LogP contribution in [0.1, 0.15) is 12.8 Å². The quantitative estimate of drug-likeness (QED) is 0.756. The van der Waals surface area contributed by atoms with Gasteiger partial charge in [0.25, 0.3) is 0 Å². The Bertz CT molecular complexity index is 826. The van der Waals surface area contributed by atoms with Crippen LogP contribution in [0.15, 0.2) is 29.3 Å². The second-order valence-corrected chi connectivity index (χ2v) is 5.73. The monoisotopic (exact) mass is 314 g/mol. The minimum absolute atomic E-state index is 0.0713. The van der Waals surface area contributed by atoms with Crippen LogP contribution in [-0.4, -0.2) is 43.8 Å². The van der Waals surface area contributed by atoms with Crippen LogP contribution in [0.4, 0.5) is 17.6 Å². The van der Waals surface area contributed by atoms with Crippen molar-refractivity contribution in [3.8, 4) is 0 Å². The van der Waals surface area contributed by atoms with Gasteiger partial charge in [0, 0.05) is 25.9 Å². The molecule has 1 atom stereocenters. The molecule has 0 bridgehead atoms. The lowest BCUT2D eigenvalue weighted by Crippen LogP contribution is -2.33. The fourth-order valence-corrected chi connectivity index (χ4v) is 2.95. The maximum atomic E-state index is 9.53. The molecule has 3 aromatic heterocycles. The number of aliphatic hydroxyl groups is 1. The van der Waals surface area contributed by atoms with Crippen molar-refractivity contribution in [2.45, 2.75) is 18.9 Å². The number of anilines is 3. The SMILES string of the molecule is Cn1cnc(Nc2nc(N3CCCC3CO)nc3ccoc23)c1. The summed E-state index contributed by atoms with van der Waals surface area (Å²) in [6.45, 7) is 0.952. The van der Waals surface area contributed by atoms with E-state index in [1.165, 1.54) is 0 Å². The van der Waals surface area contributed by atoms with E-state index < -0.39 is 0 Å². The summed E-state index contributed by atoms with van der Waals surface area (Å²) < 4.78 is 7.36. The Morgan fingerprint density at radius 3 is 3.13 bits per heavy atom. The first kappa shape index (κ1) is 14.0. The molecule has 1 aliphatic heterocycles. The molecule has 2 N–H and O–H groups in total. The van der Waals surface area contributed by atoms with Gasteiger partial charge in [0.1, 0.15) is 11.3 Å². The molecule has 1 saturated heterocycles. The zero-order valence-electron chi connectivity index (χ0n) is 12.8. The number of aromatic nitrogens is 4. The Balaban J connectivity index is 1.75. The summed E-state index contributed by atoms with van der Waals surface area (Å²) in [6, 6.07) is 1.88. The van der Waals surface area contributed by atoms with E-state index in [4.69, 9.17) is 4.42 Å². The van der Waals surface area contributed by atoms with Crippen molar-refractivity contribution >= 4 is 28.7 Å². The average molecular weight is 314 g/mol. The summed E-state index contributed by atoms with van der Waals surface area (Å²) in [5.74, 6) is 1.88. The summed E-state index contributed by atoms with van der Waals surface area (Å²) >= 11 is 0. The van der Waals surface area contributed by atoms with E-state index in [2.05, 4.69) is 25.2 Å². The largest absolute Gasteiger partial charge is 0.459 e. The molecule has 1 aliphatic rings. The van der Waals surface area contributed by atoms with E-state index in [1.54, 1.807) is 12.6 Å². The molecule has 4 rings (SSSR count). The first-order valence-corrected chi connectivity index (χ1v) is 7.62. The Morgan fingerprint density at radius 1 is 1.43 bits per heavy atom. The molecule has 1 unspecified atom stereocenters. The summed E-state index contributed by atoms with van der Waals surface area (Å²) in [5.41, 5.74) is 1.33. The number of fused-ring (bicyclic) bond motifs is 1. The average Bonchev–Trinajstić information content (AvgIpc) is 3.26. The molecule has 1 fully saturated rings. The molecule has 0 saturated carbocycles. The van der Waals surface area contributed by atoms with Crippen molar-refractivity contribution in [1.29, 1.82) is 0 Å². The van der Waals surface area contributed by atoms with Gasteiger partial charge in [0.2, 0.25) is 5.95 Å². The van der Waals surface area contributed by atoms with Gasteiger partial charge in [0.15, 0.2) is 11.4 Å². The molecular weight excluding hydrogens is 296 g/mol. The minimum atomic E-state index is 0.0713. The van der Waals surface area contributed by atoms with Crippen LogP contribution in [0.25, 0.3) is 11.1 Å². The number of hydrogen-bond donors (Lipinski definition) is 2. The van der Waals surface area contributed by atoms with Crippen molar-refractivity contribution in [2.24, 2.45) is 7.05 Å². The Labute approximate surface area is 132 Å². The molecule has 0 radical (unpaired) electrons. The van der Waals surface area contributed by atoms with Crippen LogP contribution in [0.3, 0.4) is 0 Å². The highest BCUT2D eigenvalue weighted by atomic mass is 16.3.